The zero-order valence-electron chi connectivity index (χ0n) is 17.4. The summed E-state index contributed by atoms with van der Waals surface area (Å²) in [5.41, 5.74) is -0.111. The van der Waals surface area contributed by atoms with Crippen molar-refractivity contribution < 1.29 is 14.3 Å². The minimum absolute atomic E-state index is 0.215. The van der Waals surface area contributed by atoms with Gasteiger partial charge in [-0.2, -0.15) is 0 Å². The Bertz CT molecular complexity index is 552. The van der Waals surface area contributed by atoms with E-state index >= 15 is 0 Å². The van der Waals surface area contributed by atoms with Crippen LogP contribution in [0, 0.1) is 5.41 Å². The zero-order valence-corrected chi connectivity index (χ0v) is 17.4. The molecule has 1 amide bonds. The van der Waals surface area contributed by atoms with Crippen LogP contribution in [0.15, 0.2) is 4.99 Å². The van der Waals surface area contributed by atoms with Crippen molar-refractivity contribution in [2.75, 3.05) is 46.4 Å². The van der Waals surface area contributed by atoms with Gasteiger partial charge in [-0.25, -0.2) is 4.79 Å². The lowest BCUT2D eigenvalue weighted by Crippen LogP contribution is -2.58. The fourth-order valence-electron chi connectivity index (χ4n) is 4.45. The van der Waals surface area contributed by atoms with Crippen LogP contribution in [-0.4, -0.2) is 79.9 Å². The molecule has 0 spiro atoms. The van der Waals surface area contributed by atoms with Gasteiger partial charge in [0.05, 0.1) is 12.6 Å². The van der Waals surface area contributed by atoms with Crippen molar-refractivity contribution in [3.8, 4) is 0 Å². The lowest BCUT2D eigenvalue weighted by molar-refractivity contribution is 0.0137. The van der Waals surface area contributed by atoms with Gasteiger partial charge in [0.25, 0.3) is 0 Å². The number of amides is 1. The van der Waals surface area contributed by atoms with E-state index in [1.165, 1.54) is 25.7 Å². The van der Waals surface area contributed by atoms with Gasteiger partial charge in [0.2, 0.25) is 0 Å². The van der Waals surface area contributed by atoms with E-state index in [0.717, 1.165) is 38.6 Å². The van der Waals surface area contributed by atoms with Crippen LogP contribution in [0.5, 0.6) is 0 Å². The molecule has 1 atom stereocenters. The molecule has 2 fully saturated rings. The van der Waals surface area contributed by atoms with E-state index in [2.05, 4.69) is 10.2 Å². The van der Waals surface area contributed by atoms with Crippen molar-refractivity contribution in [2.24, 2.45) is 10.4 Å². The third-order valence-electron chi connectivity index (χ3n) is 5.98. The number of rotatable bonds is 5. The molecule has 2 aliphatic heterocycles. The summed E-state index contributed by atoms with van der Waals surface area (Å²) in [6.07, 6.45) is 6.07. The fourth-order valence-corrected chi connectivity index (χ4v) is 4.45. The number of aliphatic imine (C=N–C) groups is 1. The van der Waals surface area contributed by atoms with Crippen LogP contribution in [0.1, 0.15) is 52.9 Å². The number of guanidine groups is 1. The second kappa shape index (κ2) is 8.25. The molecule has 154 valence electrons. The third-order valence-corrected chi connectivity index (χ3v) is 5.98. The first-order valence-electron chi connectivity index (χ1n) is 10.3. The predicted octanol–water partition coefficient (Wildman–Crippen LogP) is 2.46. The molecule has 0 bridgehead atoms. The molecule has 27 heavy (non-hydrogen) atoms. The van der Waals surface area contributed by atoms with E-state index in [1.807, 2.05) is 25.7 Å². The highest BCUT2D eigenvalue weighted by Crippen LogP contribution is 2.40. The number of nitrogens with zero attached hydrogens (tertiary/aromatic N) is 3. The normalized spacial score (nSPS) is 24.6. The molecule has 7 nitrogen and oxygen atoms in total. The Hall–Kier alpha value is -1.50. The molecule has 1 saturated carbocycles. The van der Waals surface area contributed by atoms with Crippen molar-refractivity contribution >= 4 is 12.1 Å². The largest absolute Gasteiger partial charge is 0.444 e. The van der Waals surface area contributed by atoms with Gasteiger partial charge in [-0.3, -0.25) is 4.99 Å². The molecular formula is C20H36N4O3. The maximum atomic E-state index is 12.3. The SMILES string of the molecule is COCCC1(CNC2=NCC3CN(C(=O)OC(C)(C)C)CCN23)CCCC1. The average Bonchev–Trinajstić information content (AvgIpc) is 3.24. The van der Waals surface area contributed by atoms with E-state index in [4.69, 9.17) is 14.5 Å². The molecule has 1 unspecified atom stereocenters. The van der Waals surface area contributed by atoms with Crippen molar-refractivity contribution in [3.63, 3.8) is 0 Å². The van der Waals surface area contributed by atoms with Crippen LogP contribution in [0.25, 0.3) is 0 Å². The minimum Gasteiger partial charge on any atom is -0.444 e. The highest BCUT2D eigenvalue weighted by Gasteiger charge is 2.38. The van der Waals surface area contributed by atoms with Crippen LogP contribution in [0.4, 0.5) is 4.79 Å². The van der Waals surface area contributed by atoms with E-state index < -0.39 is 5.60 Å². The first-order chi connectivity index (χ1) is 12.8. The first kappa shape index (κ1) is 20.2. The van der Waals surface area contributed by atoms with Gasteiger partial charge >= 0.3 is 6.09 Å². The highest BCUT2D eigenvalue weighted by atomic mass is 16.6. The van der Waals surface area contributed by atoms with Gasteiger partial charge < -0.3 is 24.6 Å². The first-order valence-corrected chi connectivity index (χ1v) is 10.3. The maximum absolute atomic E-state index is 12.3. The van der Waals surface area contributed by atoms with Crippen LogP contribution in [0.3, 0.4) is 0 Å². The number of nitrogens with one attached hydrogen (secondary N) is 1. The average molecular weight is 381 g/mol. The number of fused-ring (bicyclic) bond motifs is 1. The monoisotopic (exact) mass is 380 g/mol. The smallest absolute Gasteiger partial charge is 0.410 e. The quantitative estimate of drug-likeness (QED) is 0.794. The standard InChI is InChI=1S/C20H36N4O3/c1-19(2,3)27-18(25)23-10-11-24-16(14-23)13-21-17(24)22-15-20(9-12-26-4)7-5-6-8-20/h16H,5-15H2,1-4H3,(H,21,22). The Balaban J connectivity index is 1.51. The molecule has 2 heterocycles. The van der Waals surface area contributed by atoms with E-state index in [1.54, 1.807) is 7.11 Å². The lowest BCUT2D eigenvalue weighted by atomic mass is 9.83. The van der Waals surface area contributed by atoms with Crippen molar-refractivity contribution in [3.05, 3.63) is 0 Å². The van der Waals surface area contributed by atoms with Gasteiger partial charge in [-0.05, 0) is 45.4 Å². The number of hydrogen-bond acceptors (Lipinski definition) is 6. The van der Waals surface area contributed by atoms with Crippen LogP contribution >= 0.6 is 0 Å². The Morgan fingerprint density at radius 3 is 2.70 bits per heavy atom. The second-order valence-corrected chi connectivity index (χ2v) is 9.24. The molecule has 3 aliphatic rings. The number of carbonyl (C=O) groups excluding carboxylic acids is 1. The van der Waals surface area contributed by atoms with Gasteiger partial charge in [0, 0.05) is 39.9 Å². The Morgan fingerprint density at radius 1 is 1.30 bits per heavy atom. The zero-order chi connectivity index (χ0) is 19.5. The van der Waals surface area contributed by atoms with Gasteiger partial charge in [-0.15, -0.1) is 0 Å². The Morgan fingerprint density at radius 2 is 2.04 bits per heavy atom. The molecule has 0 aromatic rings. The second-order valence-electron chi connectivity index (χ2n) is 9.24. The van der Waals surface area contributed by atoms with Gasteiger partial charge in [0.1, 0.15) is 5.60 Å². The van der Waals surface area contributed by atoms with Crippen LogP contribution in [0.2, 0.25) is 0 Å². The molecule has 7 heteroatoms. The van der Waals surface area contributed by atoms with Crippen molar-refractivity contribution in [1.82, 2.24) is 15.1 Å². The van der Waals surface area contributed by atoms with Crippen LogP contribution < -0.4 is 5.32 Å². The molecule has 1 N–H and O–H groups in total. The van der Waals surface area contributed by atoms with Gasteiger partial charge in [0.15, 0.2) is 5.96 Å². The molecule has 0 aromatic heterocycles. The number of hydrogen-bond donors (Lipinski definition) is 1. The van der Waals surface area contributed by atoms with Crippen molar-refractivity contribution in [2.45, 2.75) is 64.5 Å². The number of ether oxygens (including phenoxy) is 2. The van der Waals surface area contributed by atoms with Crippen molar-refractivity contribution in [1.29, 1.82) is 0 Å². The Kier molecular flexibility index (Phi) is 6.18. The maximum Gasteiger partial charge on any atom is 0.410 e. The summed E-state index contributed by atoms with van der Waals surface area (Å²) in [7, 11) is 1.78. The van der Waals surface area contributed by atoms with E-state index in [9.17, 15) is 4.79 Å². The molecule has 1 aliphatic carbocycles. The van der Waals surface area contributed by atoms with Gasteiger partial charge in [-0.1, -0.05) is 12.8 Å². The molecule has 0 radical (unpaired) electrons. The number of piperazine rings is 1. The van der Waals surface area contributed by atoms with E-state index in [-0.39, 0.29) is 12.1 Å². The summed E-state index contributed by atoms with van der Waals surface area (Å²) in [6, 6.07) is 0.257. The summed E-state index contributed by atoms with van der Waals surface area (Å²) in [5.74, 6) is 1.01. The summed E-state index contributed by atoms with van der Waals surface area (Å²) < 4.78 is 10.9. The predicted molar refractivity (Wildman–Crippen MR) is 106 cm³/mol. The molecule has 3 rings (SSSR count). The molecule has 0 aromatic carbocycles. The molecule has 1 saturated heterocycles. The summed E-state index contributed by atoms with van der Waals surface area (Å²) in [4.78, 5) is 21.2. The highest BCUT2D eigenvalue weighted by molar-refractivity contribution is 5.82. The summed E-state index contributed by atoms with van der Waals surface area (Å²) >= 11 is 0. The third kappa shape index (κ3) is 5.06. The summed E-state index contributed by atoms with van der Waals surface area (Å²) in [6.45, 7) is 10.4. The summed E-state index contributed by atoms with van der Waals surface area (Å²) in [5, 5.41) is 3.64. The topological polar surface area (TPSA) is 66.4 Å². The number of carbonyl (C=O) groups is 1. The fraction of sp³-hybridized carbons (Fsp3) is 0.900. The van der Waals surface area contributed by atoms with E-state index in [0.29, 0.717) is 18.5 Å². The lowest BCUT2D eigenvalue weighted by Gasteiger charge is -2.40. The minimum atomic E-state index is -0.453. The number of methoxy groups -OCH3 is 1. The van der Waals surface area contributed by atoms with Crippen LogP contribution in [-0.2, 0) is 9.47 Å². The Labute approximate surface area is 163 Å². The molecular weight excluding hydrogens is 344 g/mol.